The average Bonchev–Trinajstić information content (AvgIpc) is 3.30. The van der Waals surface area contributed by atoms with Gasteiger partial charge < -0.3 is 24.6 Å². The van der Waals surface area contributed by atoms with Crippen LogP contribution in [-0.2, 0) is 13.2 Å². The predicted octanol–water partition coefficient (Wildman–Crippen LogP) is 3.66. The second kappa shape index (κ2) is 8.78. The molecule has 3 rings (SSSR count). The molecule has 0 aliphatic carbocycles. The first-order valence-corrected chi connectivity index (χ1v) is 9.16. The first-order chi connectivity index (χ1) is 13.8. The van der Waals surface area contributed by atoms with Crippen LogP contribution in [0.1, 0.15) is 27.6 Å². The summed E-state index contributed by atoms with van der Waals surface area (Å²) >= 11 is 5.99. The fourth-order valence-corrected chi connectivity index (χ4v) is 2.73. The number of carbonyl (C=O) groups excluding carboxylic acids is 1. The number of aromatic nitrogens is 2. The van der Waals surface area contributed by atoms with Gasteiger partial charge in [-0.1, -0.05) is 11.6 Å². The Bertz CT molecular complexity index is 1040. The molecule has 0 unspecified atom stereocenters. The number of nitro groups is 1. The second-order valence-electron chi connectivity index (χ2n) is 6.35. The van der Waals surface area contributed by atoms with Crippen LogP contribution in [0.15, 0.2) is 40.8 Å². The number of ether oxygens (including phenoxy) is 1. The van der Waals surface area contributed by atoms with Gasteiger partial charge in [0.1, 0.15) is 18.1 Å². The zero-order chi connectivity index (χ0) is 21.0. The summed E-state index contributed by atoms with van der Waals surface area (Å²) in [5.41, 5.74) is 1.54. The molecule has 1 N–H and O–H groups in total. The van der Waals surface area contributed by atoms with Gasteiger partial charge in [0.2, 0.25) is 0 Å². The molecule has 0 radical (unpaired) electrons. The van der Waals surface area contributed by atoms with E-state index in [1.807, 2.05) is 13.0 Å². The van der Waals surface area contributed by atoms with Gasteiger partial charge in [-0.25, -0.2) is 0 Å². The Hall–Kier alpha value is -3.33. The Morgan fingerprint density at radius 1 is 1.31 bits per heavy atom. The molecule has 1 amide bonds. The van der Waals surface area contributed by atoms with Crippen molar-refractivity contribution >= 4 is 23.3 Å². The predicted molar refractivity (Wildman–Crippen MR) is 105 cm³/mol. The van der Waals surface area contributed by atoms with Crippen molar-refractivity contribution in [3.05, 3.63) is 74.3 Å². The van der Waals surface area contributed by atoms with Crippen LogP contribution in [0.25, 0.3) is 0 Å². The van der Waals surface area contributed by atoms with Gasteiger partial charge >= 0.3 is 5.82 Å². The summed E-state index contributed by atoms with van der Waals surface area (Å²) in [4.78, 5) is 22.4. The van der Waals surface area contributed by atoms with E-state index in [0.29, 0.717) is 28.8 Å². The third-order valence-electron chi connectivity index (χ3n) is 4.16. The number of rotatable bonds is 8. The third kappa shape index (κ3) is 5.14. The number of hydrogen-bond acceptors (Lipinski definition) is 6. The third-order valence-corrected chi connectivity index (χ3v) is 4.58. The minimum absolute atomic E-state index is 0.152. The molecule has 29 heavy (non-hydrogen) atoms. The van der Waals surface area contributed by atoms with Crippen LogP contribution in [0.5, 0.6) is 5.75 Å². The van der Waals surface area contributed by atoms with Crippen LogP contribution in [0.4, 0.5) is 5.82 Å². The molecule has 0 spiro atoms. The maximum absolute atomic E-state index is 12.2. The van der Waals surface area contributed by atoms with E-state index >= 15 is 0 Å². The van der Waals surface area contributed by atoms with Crippen LogP contribution in [-0.4, -0.2) is 27.2 Å². The first-order valence-electron chi connectivity index (χ1n) is 8.78. The molecule has 2 heterocycles. The highest BCUT2D eigenvalue weighted by Gasteiger charge is 2.16. The molecule has 0 saturated carbocycles. The number of furan rings is 1. The van der Waals surface area contributed by atoms with Crippen molar-refractivity contribution in [3.63, 3.8) is 0 Å². The quantitative estimate of drug-likeness (QED) is 0.441. The summed E-state index contributed by atoms with van der Waals surface area (Å²) in [6.07, 6.45) is 0. The van der Waals surface area contributed by atoms with E-state index in [1.165, 1.54) is 10.7 Å². The minimum atomic E-state index is -0.556. The van der Waals surface area contributed by atoms with Gasteiger partial charge in [-0.3, -0.25) is 4.79 Å². The zero-order valence-electron chi connectivity index (χ0n) is 15.8. The van der Waals surface area contributed by atoms with Crippen molar-refractivity contribution in [2.24, 2.45) is 0 Å². The molecular weight excluding hydrogens is 400 g/mol. The van der Waals surface area contributed by atoms with E-state index in [2.05, 4.69) is 10.4 Å². The number of carbonyl (C=O) groups is 1. The van der Waals surface area contributed by atoms with Crippen molar-refractivity contribution in [1.82, 2.24) is 15.1 Å². The Morgan fingerprint density at radius 3 is 2.79 bits per heavy atom. The lowest BCUT2D eigenvalue weighted by molar-refractivity contribution is -0.389. The normalized spacial score (nSPS) is 10.7. The van der Waals surface area contributed by atoms with Crippen LogP contribution in [0.3, 0.4) is 0 Å². The highest BCUT2D eigenvalue weighted by atomic mass is 35.5. The molecule has 2 aromatic heterocycles. The van der Waals surface area contributed by atoms with Crippen molar-refractivity contribution in [3.8, 4) is 5.75 Å². The molecule has 0 saturated heterocycles. The van der Waals surface area contributed by atoms with Crippen molar-refractivity contribution < 1.29 is 18.9 Å². The van der Waals surface area contributed by atoms with E-state index in [4.69, 9.17) is 20.8 Å². The van der Waals surface area contributed by atoms with E-state index in [0.717, 1.165) is 5.56 Å². The molecule has 0 bridgehead atoms. The average molecular weight is 419 g/mol. The zero-order valence-corrected chi connectivity index (χ0v) is 16.6. The Labute approximate surface area is 171 Å². The van der Waals surface area contributed by atoms with Gasteiger partial charge in [0.05, 0.1) is 23.4 Å². The van der Waals surface area contributed by atoms with Crippen LogP contribution >= 0.6 is 11.6 Å². The monoisotopic (exact) mass is 418 g/mol. The maximum atomic E-state index is 12.2. The van der Waals surface area contributed by atoms with E-state index < -0.39 is 10.8 Å². The van der Waals surface area contributed by atoms with E-state index in [-0.39, 0.29) is 24.7 Å². The topological polar surface area (TPSA) is 112 Å². The van der Waals surface area contributed by atoms with Gasteiger partial charge in [-0.15, -0.1) is 0 Å². The van der Waals surface area contributed by atoms with Gasteiger partial charge in [0.15, 0.2) is 5.76 Å². The smallest absolute Gasteiger partial charge is 0.390 e. The molecule has 0 atom stereocenters. The number of hydrogen-bond donors (Lipinski definition) is 1. The standard InChI is InChI=1S/C19H19ClN4O5/c1-12-9-14(3-5-16(12)20)28-11-15-4-6-17(29-15)19(25)21-7-8-23-13(2)10-18(22-23)24(26)27/h3-6,9-10H,7-8,11H2,1-2H3,(H,21,25). The number of amides is 1. The molecule has 9 nitrogen and oxygen atoms in total. The highest BCUT2D eigenvalue weighted by Crippen LogP contribution is 2.22. The van der Waals surface area contributed by atoms with Crippen molar-refractivity contribution in [2.45, 2.75) is 27.0 Å². The second-order valence-corrected chi connectivity index (χ2v) is 6.75. The number of nitrogens with one attached hydrogen (secondary N) is 1. The Balaban J connectivity index is 1.50. The lowest BCUT2D eigenvalue weighted by atomic mass is 10.2. The first kappa shape index (κ1) is 20.4. The molecule has 152 valence electrons. The van der Waals surface area contributed by atoms with Gasteiger partial charge in [-0.2, -0.15) is 4.68 Å². The van der Waals surface area contributed by atoms with Crippen LogP contribution in [0, 0.1) is 24.0 Å². The molecule has 0 aliphatic heterocycles. The van der Waals surface area contributed by atoms with Crippen LogP contribution in [0.2, 0.25) is 5.02 Å². The molecule has 0 aliphatic rings. The summed E-state index contributed by atoms with van der Waals surface area (Å²) in [5.74, 6) is 0.691. The largest absolute Gasteiger partial charge is 0.486 e. The van der Waals surface area contributed by atoms with E-state index in [1.54, 1.807) is 31.2 Å². The summed E-state index contributed by atoms with van der Waals surface area (Å²) in [6, 6.07) is 9.93. The summed E-state index contributed by atoms with van der Waals surface area (Å²) in [7, 11) is 0. The van der Waals surface area contributed by atoms with Gasteiger partial charge in [0, 0.05) is 11.6 Å². The Kier molecular flexibility index (Phi) is 6.18. The number of benzene rings is 1. The van der Waals surface area contributed by atoms with Crippen molar-refractivity contribution in [1.29, 1.82) is 0 Å². The number of aryl methyl sites for hydroxylation is 2. The lowest BCUT2D eigenvalue weighted by Gasteiger charge is -2.06. The summed E-state index contributed by atoms with van der Waals surface area (Å²) < 4.78 is 12.6. The van der Waals surface area contributed by atoms with Gasteiger partial charge in [0.25, 0.3) is 5.91 Å². The summed E-state index contributed by atoms with van der Waals surface area (Å²) in [5, 5.41) is 18.0. The molecule has 10 heteroatoms. The summed E-state index contributed by atoms with van der Waals surface area (Å²) in [6.45, 7) is 4.31. The van der Waals surface area contributed by atoms with Gasteiger partial charge in [-0.05, 0) is 54.7 Å². The van der Waals surface area contributed by atoms with Crippen LogP contribution < -0.4 is 10.1 Å². The lowest BCUT2D eigenvalue weighted by Crippen LogP contribution is -2.27. The molecule has 0 fully saturated rings. The van der Waals surface area contributed by atoms with E-state index in [9.17, 15) is 14.9 Å². The molecule has 1 aromatic carbocycles. The fourth-order valence-electron chi connectivity index (χ4n) is 2.61. The Morgan fingerprint density at radius 2 is 2.10 bits per heavy atom. The maximum Gasteiger partial charge on any atom is 0.390 e. The SMILES string of the molecule is Cc1cc(OCc2ccc(C(=O)NCCn3nc([N+](=O)[O-])cc3C)o2)ccc1Cl. The fraction of sp³-hybridized carbons (Fsp3) is 0.263. The van der Waals surface area contributed by atoms with Crippen molar-refractivity contribution in [2.75, 3.05) is 6.54 Å². The highest BCUT2D eigenvalue weighted by molar-refractivity contribution is 6.31. The number of halogens is 1. The minimum Gasteiger partial charge on any atom is -0.486 e. The molecular formula is C19H19ClN4O5. The number of nitrogens with zero attached hydrogens (tertiary/aromatic N) is 3. The molecule has 3 aromatic rings.